The van der Waals surface area contributed by atoms with Gasteiger partial charge in [0.2, 0.25) is 0 Å². The Hall–Kier alpha value is -3.84. The zero-order chi connectivity index (χ0) is 25.9. The second-order valence-electron chi connectivity index (χ2n) is 8.35. The largest absolute Gasteiger partial charge is 0.490 e. The van der Waals surface area contributed by atoms with Gasteiger partial charge in [0.05, 0.1) is 12.8 Å². The monoisotopic (exact) mass is 507 g/mol. The Morgan fingerprint density at radius 1 is 0.972 bits per heavy atom. The van der Waals surface area contributed by atoms with E-state index in [0.717, 1.165) is 11.1 Å². The lowest BCUT2D eigenvalue weighted by Crippen LogP contribution is -2.48. The first-order valence-electron chi connectivity index (χ1n) is 11.7. The van der Waals surface area contributed by atoms with Crippen molar-refractivity contribution in [2.24, 2.45) is 11.0 Å². The summed E-state index contributed by atoms with van der Waals surface area (Å²) in [7, 11) is 0. The molecule has 1 atom stereocenters. The number of carbonyl (C=O) groups is 2. The normalized spacial score (nSPS) is 11.8. The van der Waals surface area contributed by atoms with Crippen molar-refractivity contribution in [3.05, 3.63) is 94.5 Å². The molecule has 2 N–H and O–H groups in total. The molecule has 3 aromatic carbocycles. The maximum absolute atomic E-state index is 12.7. The number of rotatable bonds is 11. The molecular weight excluding hydrogens is 478 g/mol. The van der Waals surface area contributed by atoms with Gasteiger partial charge in [-0.2, -0.15) is 5.10 Å². The van der Waals surface area contributed by atoms with Gasteiger partial charge in [-0.3, -0.25) is 9.59 Å². The van der Waals surface area contributed by atoms with Crippen LogP contribution in [0.25, 0.3) is 0 Å². The lowest BCUT2D eigenvalue weighted by molar-refractivity contribution is -0.123. The maximum Gasteiger partial charge on any atom is 0.262 e. The molecule has 0 aliphatic heterocycles. The third kappa shape index (κ3) is 7.85. The van der Waals surface area contributed by atoms with Crippen LogP contribution in [0.5, 0.6) is 11.5 Å². The van der Waals surface area contributed by atoms with E-state index >= 15 is 0 Å². The molecule has 0 saturated carbocycles. The summed E-state index contributed by atoms with van der Waals surface area (Å²) >= 11 is 5.97. The Labute approximate surface area is 216 Å². The van der Waals surface area contributed by atoms with Crippen molar-refractivity contribution in [2.45, 2.75) is 33.4 Å². The van der Waals surface area contributed by atoms with E-state index in [1.807, 2.05) is 57.2 Å². The van der Waals surface area contributed by atoms with Crippen molar-refractivity contribution in [3.63, 3.8) is 0 Å². The fraction of sp³-hybridized carbons (Fsp3) is 0.250. The number of nitrogens with zero attached hydrogens (tertiary/aromatic N) is 1. The van der Waals surface area contributed by atoms with Crippen LogP contribution in [0.2, 0.25) is 5.02 Å². The Morgan fingerprint density at radius 2 is 1.75 bits per heavy atom. The first-order chi connectivity index (χ1) is 17.4. The number of benzene rings is 3. The van der Waals surface area contributed by atoms with Gasteiger partial charge < -0.3 is 14.8 Å². The SMILES string of the molecule is CCOc1cc(C=NNC(=O)C(NC(=O)c2cccc(Cl)c2)C(C)C)ccc1OCc1ccccc1. The summed E-state index contributed by atoms with van der Waals surface area (Å²) < 4.78 is 11.7. The summed E-state index contributed by atoms with van der Waals surface area (Å²) in [5.41, 5.74) is 4.66. The average molecular weight is 508 g/mol. The molecule has 0 bridgehead atoms. The molecule has 0 aromatic heterocycles. The van der Waals surface area contributed by atoms with Crippen LogP contribution < -0.4 is 20.2 Å². The standard InChI is InChI=1S/C28H30ClN3O4/c1-4-35-25-15-21(13-14-24(25)36-18-20-9-6-5-7-10-20)17-30-32-28(34)26(19(2)3)31-27(33)22-11-8-12-23(29)16-22/h5-17,19,26H,4,18H2,1-3H3,(H,31,33)(H,32,34). The van der Waals surface area contributed by atoms with Gasteiger partial charge in [0.15, 0.2) is 11.5 Å². The fourth-order valence-corrected chi connectivity index (χ4v) is 3.55. The van der Waals surface area contributed by atoms with Crippen LogP contribution in [0.15, 0.2) is 77.9 Å². The van der Waals surface area contributed by atoms with E-state index in [1.54, 1.807) is 36.4 Å². The first-order valence-corrected chi connectivity index (χ1v) is 12.1. The van der Waals surface area contributed by atoms with Crippen molar-refractivity contribution in [3.8, 4) is 11.5 Å². The molecule has 3 aromatic rings. The molecule has 8 heteroatoms. The topological polar surface area (TPSA) is 89.0 Å². The smallest absolute Gasteiger partial charge is 0.262 e. The minimum absolute atomic E-state index is 0.158. The highest BCUT2D eigenvalue weighted by atomic mass is 35.5. The number of ether oxygens (including phenoxy) is 2. The molecule has 3 rings (SSSR count). The Kier molecular flexibility index (Phi) is 9.89. The van der Waals surface area contributed by atoms with E-state index in [0.29, 0.717) is 35.3 Å². The molecular formula is C28H30ClN3O4. The number of hydrogen-bond donors (Lipinski definition) is 2. The molecule has 0 heterocycles. The maximum atomic E-state index is 12.7. The second kappa shape index (κ2) is 13.3. The Bertz CT molecular complexity index is 1200. The van der Waals surface area contributed by atoms with Crippen LogP contribution in [-0.2, 0) is 11.4 Å². The van der Waals surface area contributed by atoms with Crippen LogP contribution in [-0.4, -0.2) is 30.7 Å². The van der Waals surface area contributed by atoms with Crippen LogP contribution in [0, 0.1) is 5.92 Å². The zero-order valence-corrected chi connectivity index (χ0v) is 21.3. The highest BCUT2D eigenvalue weighted by Crippen LogP contribution is 2.29. The average Bonchev–Trinajstić information content (AvgIpc) is 2.87. The van der Waals surface area contributed by atoms with Crippen molar-refractivity contribution < 1.29 is 19.1 Å². The number of carbonyl (C=O) groups excluding carboxylic acids is 2. The number of amides is 2. The van der Waals surface area contributed by atoms with Crippen molar-refractivity contribution in [1.29, 1.82) is 0 Å². The summed E-state index contributed by atoms with van der Waals surface area (Å²) in [6.45, 7) is 6.47. The van der Waals surface area contributed by atoms with Crippen molar-refractivity contribution in [2.75, 3.05) is 6.61 Å². The van der Waals surface area contributed by atoms with Crippen LogP contribution in [0.1, 0.15) is 42.3 Å². The van der Waals surface area contributed by atoms with Crippen LogP contribution in [0.4, 0.5) is 0 Å². The summed E-state index contributed by atoms with van der Waals surface area (Å²) in [5.74, 6) is 0.226. The Morgan fingerprint density at radius 3 is 2.44 bits per heavy atom. The minimum Gasteiger partial charge on any atom is -0.490 e. The van der Waals surface area contributed by atoms with Crippen LogP contribution >= 0.6 is 11.6 Å². The van der Waals surface area contributed by atoms with E-state index in [4.69, 9.17) is 21.1 Å². The number of hydrazone groups is 1. The van der Waals surface area contributed by atoms with Crippen molar-refractivity contribution in [1.82, 2.24) is 10.7 Å². The van der Waals surface area contributed by atoms with Gasteiger partial charge in [-0.1, -0.05) is 61.8 Å². The molecule has 188 valence electrons. The first kappa shape index (κ1) is 26.8. The van der Waals surface area contributed by atoms with E-state index in [1.165, 1.54) is 6.21 Å². The summed E-state index contributed by atoms with van der Waals surface area (Å²) in [4.78, 5) is 25.3. The second-order valence-corrected chi connectivity index (χ2v) is 8.79. The van der Waals surface area contributed by atoms with Gasteiger partial charge >= 0.3 is 0 Å². The van der Waals surface area contributed by atoms with Gasteiger partial charge in [0.25, 0.3) is 11.8 Å². The molecule has 36 heavy (non-hydrogen) atoms. The predicted molar refractivity (Wildman–Crippen MR) is 142 cm³/mol. The zero-order valence-electron chi connectivity index (χ0n) is 20.5. The molecule has 1 unspecified atom stereocenters. The number of hydrogen-bond acceptors (Lipinski definition) is 5. The van der Waals surface area contributed by atoms with Gasteiger partial charge in [0.1, 0.15) is 12.6 Å². The van der Waals surface area contributed by atoms with Crippen LogP contribution in [0.3, 0.4) is 0 Å². The van der Waals surface area contributed by atoms with E-state index < -0.39 is 11.9 Å². The van der Waals surface area contributed by atoms with Gasteiger partial charge in [-0.25, -0.2) is 5.43 Å². The summed E-state index contributed by atoms with van der Waals surface area (Å²) in [5, 5.41) is 7.26. The van der Waals surface area contributed by atoms with Gasteiger partial charge in [-0.15, -0.1) is 0 Å². The van der Waals surface area contributed by atoms with E-state index in [2.05, 4.69) is 15.8 Å². The number of nitrogens with one attached hydrogen (secondary N) is 2. The molecule has 7 nitrogen and oxygen atoms in total. The minimum atomic E-state index is -0.777. The third-order valence-corrected chi connectivity index (χ3v) is 5.45. The molecule has 0 radical (unpaired) electrons. The Balaban J connectivity index is 1.63. The molecule has 0 aliphatic rings. The third-order valence-electron chi connectivity index (χ3n) is 5.22. The molecule has 0 aliphatic carbocycles. The van der Waals surface area contributed by atoms with Crippen molar-refractivity contribution >= 4 is 29.6 Å². The van der Waals surface area contributed by atoms with Gasteiger partial charge in [-0.05, 0) is 60.4 Å². The highest BCUT2D eigenvalue weighted by molar-refractivity contribution is 6.31. The van der Waals surface area contributed by atoms with Gasteiger partial charge in [0, 0.05) is 10.6 Å². The highest BCUT2D eigenvalue weighted by Gasteiger charge is 2.24. The van der Waals surface area contributed by atoms with E-state index in [9.17, 15) is 9.59 Å². The fourth-order valence-electron chi connectivity index (χ4n) is 3.36. The lowest BCUT2D eigenvalue weighted by atomic mass is 10.0. The molecule has 0 spiro atoms. The summed E-state index contributed by atoms with van der Waals surface area (Å²) in [6, 6.07) is 21.0. The molecule has 0 fully saturated rings. The predicted octanol–water partition coefficient (Wildman–Crippen LogP) is 5.22. The molecule has 0 saturated heterocycles. The lowest BCUT2D eigenvalue weighted by Gasteiger charge is -2.20. The quantitative estimate of drug-likeness (QED) is 0.275. The molecule has 2 amide bonds. The number of halogens is 1. The van der Waals surface area contributed by atoms with E-state index in [-0.39, 0.29) is 11.8 Å². The summed E-state index contributed by atoms with van der Waals surface area (Å²) in [6.07, 6.45) is 1.51.